The minimum absolute atomic E-state index is 0.0156. The molecular formula is C11H22N2O. The van der Waals surface area contributed by atoms with Crippen molar-refractivity contribution in [2.45, 2.75) is 45.6 Å². The van der Waals surface area contributed by atoms with Crippen LogP contribution >= 0.6 is 0 Å². The maximum Gasteiger partial charge on any atom is 0.239 e. The van der Waals surface area contributed by atoms with E-state index in [0.717, 1.165) is 19.6 Å². The van der Waals surface area contributed by atoms with Crippen LogP contribution < -0.4 is 5.32 Å². The summed E-state index contributed by atoms with van der Waals surface area (Å²) >= 11 is 0. The molecule has 0 aromatic carbocycles. The Morgan fingerprint density at radius 3 is 2.36 bits per heavy atom. The highest BCUT2D eigenvalue weighted by Crippen LogP contribution is 2.10. The zero-order valence-corrected chi connectivity index (χ0v) is 9.38. The number of carbonyl (C=O) groups is 1. The van der Waals surface area contributed by atoms with E-state index in [1.54, 1.807) is 0 Å². The zero-order chi connectivity index (χ0) is 10.4. The van der Waals surface area contributed by atoms with Crippen molar-refractivity contribution in [1.82, 2.24) is 10.2 Å². The second kappa shape index (κ2) is 6.02. The molecule has 3 heteroatoms. The Kier molecular flexibility index (Phi) is 4.94. The second-order valence-electron chi connectivity index (χ2n) is 4.02. The molecule has 0 aromatic heterocycles. The van der Waals surface area contributed by atoms with Gasteiger partial charge in [-0.05, 0) is 26.3 Å². The molecule has 3 nitrogen and oxygen atoms in total. The summed E-state index contributed by atoms with van der Waals surface area (Å²) in [7, 11) is 0. The summed E-state index contributed by atoms with van der Waals surface area (Å²) in [6, 6.07) is -0.0156. The predicted octanol–water partition coefficient (Wildman–Crippen LogP) is 1.39. The van der Waals surface area contributed by atoms with Crippen LogP contribution in [0.1, 0.15) is 39.5 Å². The van der Waals surface area contributed by atoms with Crippen LogP contribution in [0.15, 0.2) is 0 Å². The topological polar surface area (TPSA) is 32.3 Å². The van der Waals surface area contributed by atoms with Gasteiger partial charge in [-0.3, -0.25) is 4.79 Å². The van der Waals surface area contributed by atoms with Crippen molar-refractivity contribution < 1.29 is 4.79 Å². The molecule has 1 saturated heterocycles. The van der Waals surface area contributed by atoms with E-state index in [0.29, 0.717) is 0 Å². The van der Waals surface area contributed by atoms with Gasteiger partial charge in [-0.25, -0.2) is 0 Å². The van der Waals surface area contributed by atoms with E-state index in [2.05, 4.69) is 5.32 Å². The van der Waals surface area contributed by atoms with E-state index in [9.17, 15) is 4.79 Å². The Morgan fingerprint density at radius 1 is 1.29 bits per heavy atom. The third kappa shape index (κ3) is 3.29. The molecule has 1 N–H and O–H groups in total. The summed E-state index contributed by atoms with van der Waals surface area (Å²) in [6.45, 7) is 6.76. The molecule has 14 heavy (non-hydrogen) atoms. The Bertz CT molecular complexity index is 174. The molecule has 82 valence electrons. The van der Waals surface area contributed by atoms with Crippen molar-refractivity contribution in [2.24, 2.45) is 0 Å². The van der Waals surface area contributed by atoms with E-state index >= 15 is 0 Å². The van der Waals surface area contributed by atoms with Crippen molar-refractivity contribution in [3.63, 3.8) is 0 Å². The monoisotopic (exact) mass is 198 g/mol. The van der Waals surface area contributed by atoms with Crippen LogP contribution in [0.25, 0.3) is 0 Å². The van der Waals surface area contributed by atoms with Crippen molar-refractivity contribution in [3.05, 3.63) is 0 Å². The summed E-state index contributed by atoms with van der Waals surface area (Å²) in [6.07, 6.45) is 4.90. The largest absolute Gasteiger partial charge is 0.341 e. The summed E-state index contributed by atoms with van der Waals surface area (Å²) in [5.41, 5.74) is 0. The molecule has 1 aliphatic rings. The number of nitrogens with zero attached hydrogens (tertiary/aromatic N) is 1. The van der Waals surface area contributed by atoms with Gasteiger partial charge in [-0.1, -0.05) is 19.8 Å². The fourth-order valence-electron chi connectivity index (χ4n) is 1.96. The molecule has 0 aliphatic carbocycles. The third-order valence-corrected chi connectivity index (χ3v) is 2.80. The van der Waals surface area contributed by atoms with Gasteiger partial charge in [0.1, 0.15) is 0 Å². The summed E-state index contributed by atoms with van der Waals surface area (Å²) in [4.78, 5) is 13.9. The van der Waals surface area contributed by atoms with Gasteiger partial charge in [0.25, 0.3) is 0 Å². The van der Waals surface area contributed by atoms with E-state index in [4.69, 9.17) is 0 Å². The molecule has 0 bridgehead atoms. The molecule has 1 unspecified atom stereocenters. The molecule has 0 aromatic rings. The number of hydrogen-bond acceptors (Lipinski definition) is 2. The fraction of sp³-hybridized carbons (Fsp3) is 0.909. The molecule has 1 amide bonds. The fourth-order valence-corrected chi connectivity index (χ4v) is 1.96. The number of likely N-dealkylation sites (tertiary alicyclic amines) is 1. The van der Waals surface area contributed by atoms with Crippen LogP contribution in [0.2, 0.25) is 0 Å². The van der Waals surface area contributed by atoms with Gasteiger partial charge in [0.05, 0.1) is 6.04 Å². The molecule has 1 aliphatic heterocycles. The normalized spacial score (nSPS) is 20.3. The van der Waals surface area contributed by atoms with Crippen molar-refractivity contribution in [1.29, 1.82) is 0 Å². The maximum absolute atomic E-state index is 11.9. The summed E-state index contributed by atoms with van der Waals surface area (Å²) < 4.78 is 0. The van der Waals surface area contributed by atoms with Gasteiger partial charge in [0.15, 0.2) is 0 Å². The Balaban J connectivity index is 2.40. The lowest BCUT2D eigenvalue weighted by Gasteiger charge is -2.24. The van der Waals surface area contributed by atoms with Gasteiger partial charge < -0.3 is 10.2 Å². The van der Waals surface area contributed by atoms with Gasteiger partial charge in [0.2, 0.25) is 5.91 Å². The smallest absolute Gasteiger partial charge is 0.239 e. The first-order chi connectivity index (χ1) is 6.75. The Hall–Kier alpha value is -0.570. The summed E-state index contributed by atoms with van der Waals surface area (Å²) in [5, 5.41) is 3.17. The zero-order valence-electron chi connectivity index (χ0n) is 9.38. The van der Waals surface area contributed by atoms with Crippen LogP contribution in [-0.4, -0.2) is 36.5 Å². The van der Waals surface area contributed by atoms with Crippen LogP contribution in [-0.2, 0) is 4.79 Å². The van der Waals surface area contributed by atoms with E-state index in [1.807, 2.05) is 18.7 Å². The molecule has 1 heterocycles. The Morgan fingerprint density at radius 2 is 1.86 bits per heavy atom. The molecule has 1 atom stereocenters. The minimum Gasteiger partial charge on any atom is -0.341 e. The van der Waals surface area contributed by atoms with E-state index in [1.165, 1.54) is 25.7 Å². The lowest BCUT2D eigenvalue weighted by atomic mass is 10.2. The molecule has 1 fully saturated rings. The van der Waals surface area contributed by atoms with Gasteiger partial charge in [-0.15, -0.1) is 0 Å². The van der Waals surface area contributed by atoms with Crippen molar-refractivity contribution in [3.8, 4) is 0 Å². The number of likely N-dealkylation sites (N-methyl/N-ethyl adjacent to an activating group) is 1. The number of carbonyl (C=O) groups excluding carboxylic acids is 1. The SMILES string of the molecule is CCNC(C)C(=O)N1CCCCCC1. The first-order valence-corrected chi connectivity index (χ1v) is 5.78. The molecule has 0 spiro atoms. The van der Waals surface area contributed by atoms with E-state index in [-0.39, 0.29) is 11.9 Å². The lowest BCUT2D eigenvalue weighted by Crippen LogP contribution is -2.45. The van der Waals surface area contributed by atoms with Gasteiger partial charge >= 0.3 is 0 Å². The van der Waals surface area contributed by atoms with Gasteiger partial charge in [0, 0.05) is 13.1 Å². The third-order valence-electron chi connectivity index (χ3n) is 2.80. The van der Waals surface area contributed by atoms with E-state index < -0.39 is 0 Å². The highest BCUT2D eigenvalue weighted by molar-refractivity contribution is 5.81. The number of nitrogens with one attached hydrogen (secondary N) is 1. The number of hydrogen-bond donors (Lipinski definition) is 1. The maximum atomic E-state index is 11.9. The van der Waals surface area contributed by atoms with Crippen molar-refractivity contribution in [2.75, 3.05) is 19.6 Å². The van der Waals surface area contributed by atoms with Crippen LogP contribution in [0.4, 0.5) is 0 Å². The molecular weight excluding hydrogens is 176 g/mol. The average Bonchev–Trinajstić information content (AvgIpc) is 2.45. The van der Waals surface area contributed by atoms with Crippen LogP contribution in [0, 0.1) is 0 Å². The van der Waals surface area contributed by atoms with Gasteiger partial charge in [-0.2, -0.15) is 0 Å². The Labute approximate surface area is 86.9 Å². The molecule has 0 radical (unpaired) electrons. The first-order valence-electron chi connectivity index (χ1n) is 5.78. The molecule has 1 rings (SSSR count). The highest BCUT2D eigenvalue weighted by Gasteiger charge is 2.20. The first kappa shape index (κ1) is 11.5. The standard InChI is InChI=1S/C11H22N2O/c1-3-12-10(2)11(14)13-8-6-4-5-7-9-13/h10,12H,3-9H2,1-2H3. The summed E-state index contributed by atoms with van der Waals surface area (Å²) in [5.74, 6) is 0.272. The predicted molar refractivity (Wildman–Crippen MR) is 58.2 cm³/mol. The van der Waals surface area contributed by atoms with Crippen molar-refractivity contribution >= 4 is 5.91 Å². The quantitative estimate of drug-likeness (QED) is 0.743. The lowest BCUT2D eigenvalue weighted by molar-refractivity contribution is -0.132. The number of amides is 1. The average molecular weight is 198 g/mol. The van der Waals surface area contributed by atoms with Crippen LogP contribution in [0.3, 0.4) is 0 Å². The molecule has 0 saturated carbocycles. The van der Waals surface area contributed by atoms with Crippen LogP contribution in [0.5, 0.6) is 0 Å². The minimum atomic E-state index is -0.0156. The number of rotatable bonds is 3. The highest BCUT2D eigenvalue weighted by atomic mass is 16.2. The second-order valence-corrected chi connectivity index (χ2v) is 4.02.